The van der Waals surface area contributed by atoms with Crippen molar-refractivity contribution in [3.05, 3.63) is 48.4 Å². The van der Waals surface area contributed by atoms with Crippen molar-refractivity contribution in [1.82, 2.24) is 9.78 Å². The van der Waals surface area contributed by atoms with Crippen molar-refractivity contribution in [3.63, 3.8) is 0 Å². The maximum absolute atomic E-state index is 13.2. The van der Waals surface area contributed by atoms with Gasteiger partial charge in [0.25, 0.3) is 0 Å². The lowest BCUT2D eigenvalue weighted by Gasteiger charge is -2.06. The van der Waals surface area contributed by atoms with Gasteiger partial charge in [-0.2, -0.15) is 5.10 Å². The van der Waals surface area contributed by atoms with Crippen LogP contribution in [0.15, 0.2) is 42.6 Å². The van der Waals surface area contributed by atoms with Crippen LogP contribution in [0.4, 0.5) is 10.1 Å². The van der Waals surface area contributed by atoms with E-state index in [1.807, 2.05) is 31.4 Å². The molecule has 0 saturated heterocycles. The third-order valence-corrected chi connectivity index (χ3v) is 2.93. The number of aromatic nitrogens is 2. The second-order valence-corrected chi connectivity index (χ2v) is 4.31. The van der Waals surface area contributed by atoms with E-state index >= 15 is 0 Å². The Morgan fingerprint density at radius 1 is 1.22 bits per heavy atom. The largest absolute Gasteiger partial charge is 0.398 e. The zero-order valence-corrected chi connectivity index (χ0v) is 9.89. The lowest BCUT2D eigenvalue weighted by Crippen LogP contribution is -1.90. The number of halogens is 1. The number of rotatable bonds is 1. The molecule has 0 atom stereocenters. The molecule has 0 fully saturated rings. The van der Waals surface area contributed by atoms with Gasteiger partial charge >= 0.3 is 0 Å². The Bertz CT molecular complexity index is 731. The first-order valence-corrected chi connectivity index (χ1v) is 5.62. The molecule has 0 aliphatic rings. The summed E-state index contributed by atoms with van der Waals surface area (Å²) >= 11 is 0. The lowest BCUT2D eigenvalue weighted by atomic mass is 10.0. The Hall–Kier alpha value is -2.36. The summed E-state index contributed by atoms with van der Waals surface area (Å²) in [6.45, 7) is 0. The Morgan fingerprint density at radius 2 is 2.06 bits per heavy atom. The van der Waals surface area contributed by atoms with Crippen LogP contribution in [0.25, 0.3) is 22.0 Å². The number of fused-ring (bicyclic) bond motifs is 1. The molecule has 0 aliphatic carbocycles. The Balaban J connectivity index is 2.25. The number of benzene rings is 2. The van der Waals surface area contributed by atoms with Gasteiger partial charge in [0.2, 0.25) is 0 Å². The van der Waals surface area contributed by atoms with Gasteiger partial charge in [0.15, 0.2) is 0 Å². The molecule has 0 amide bonds. The highest BCUT2D eigenvalue weighted by atomic mass is 19.1. The average Bonchev–Trinajstić information content (AvgIpc) is 2.67. The van der Waals surface area contributed by atoms with Crippen LogP contribution >= 0.6 is 0 Å². The first-order valence-electron chi connectivity index (χ1n) is 5.62. The summed E-state index contributed by atoms with van der Waals surface area (Å²) < 4.78 is 15.0. The molecule has 0 spiro atoms. The topological polar surface area (TPSA) is 43.8 Å². The number of nitrogens with two attached hydrogens (primary N) is 1. The molecule has 4 heteroatoms. The normalized spacial score (nSPS) is 11.0. The molecule has 2 N–H and O–H groups in total. The van der Waals surface area contributed by atoms with Crippen molar-refractivity contribution in [1.29, 1.82) is 0 Å². The van der Waals surface area contributed by atoms with Crippen LogP contribution in [0.3, 0.4) is 0 Å². The van der Waals surface area contributed by atoms with Crippen molar-refractivity contribution in [2.24, 2.45) is 7.05 Å². The number of hydrogen-bond donors (Lipinski definition) is 1. The molecule has 90 valence electrons. The second kappa shape index (κ2) is 3.84. The highest BCUT2D eigenvalue weighted by Gasteiger charge is 2.07. The predicted octanol–water partition coefficient (Wildman–Crippen LogP) is 2.96. The first-order chi connectivity index (χ1) is 8.63. The van der Waals surface area contributed by atoms with Crippen LogP contribution in [0.2, 0.25) is 0 Å². The molecule has 0 radical (unpaired) electrons. The molecule has 0 aliphatic heterocycles. The van der Waals surface area contributed by atoms with Gasteiger partial charge in [-0.3, -0.25) is 4.68 Å². The fourth-order valence-corrected chi connectivity index (χ4v) is 2.12. The highest BCUT2D eigenvalue weighted by molar-refractivity contribution is 5.91. The quantitative estimate of drug-likeness (QED) is 0.666. The number of nitrogens with zero attached hydrogens (tertiary/aromatic N) is 2. The van der Waals surface area contributed by atoms with Crippen molar-refractivity contribution in [3.8, 4) is 11.1 Å². The second-order valence-electron chi connectivity index (χ2n) is 4.31. The van der Waals surface area contributed by atoms with E-state index in [1.54, 1.807) is 10.7 Å². The zero-order chi connectivity index (χ0) is 12.7. The van der Waals surface area contributed by atoms with E-state index in [-0.39, 0.29) is 5.82 Å². The van der Waals surface area contributed by atoms with E-state index < -0.39 is 0 Å². The van der Waals surface area contributed by atoms with Gasteiger partial charge in [-0.15, -0.1) is 0 Å². The summed E-state index contributed by atoms with van der Waals surface area (Å²) in [5.41, 5.74) is 9.07. The minimum Gasteiger partial charge on any atom is -0.398 e. The third kappa shape index (κ3) is 1.72. The Morgan fingerprint density at radius 3 is 2.83 bits per heavy atom. The van der Waals surface area contributed by atoms with Gasteiger partial charge in [-0.05, 0) is 29.8 Å². The molecule has 1 aromatic heterocycles. The van der Waals surface area contributed by atoms with Crippen LogP contribution in [-0.4, -0.2) is 9.78 Å². The van der Waals surface area contributed by atoms with Gasteiger partial charge in [-0.25, -0.2) is 4.39 Å². The molecule has 0 unspecified atom stereocenters. The first kappa shape index (κ1) is 10.8. The lowest BCUT2D eigenvalue weighted by molar-refractivity contribution is 0.628. The minimum absolute atomic E-state index is 0.270. The van der Waals surface area contributed by atoms with Gasteiger partial charge in [-0.1, -0.05) is 12.1 Å². The summed E-state index contributed by atoms with van der Waals surface area (Å²) in [6.07, 6.45) is 1.90. The van der Waals surface area contributed by atoms with Crippen LogP contribution in [0.5, 0.6) is 0 Å². The summed E-state index contributed by atoms with van der Waals surface area (Å²) in [4.78, 5) is 0. The molecule has 3 aromatic rings. The number of nitrogen functional groups attached to an aromatic ring is 1. The predicted molar refractivity (Wildman–Crippen MR) is 70.5 cm³/mol. The smallest absolute Gasteiger partial charge is 0.123 e. The number of aryl methyl sites for hydroxylation is 1. The highest BCUT2D eigenvalue weighted by Crippen LogP contribution is 2.30. The molecular weight excluding hydrogens is 229 g/mol. The molecule has 1 heterocycles. The van der Waals surface area contributed by atoms with Gasteiger partial charge in [0.05, 0.1) is 5.52 Å². The average molecular weight is 241 g/mol. The van der Waals surface area contributed by atoms with E-state index in [9.17, 15) is 4.39 Å². The van der Waals surface area contributed by atoms with Crippen LogP contribution in [0.1, 0.15) is 0 Å². The molecule has 2 aromatic carbocycles. The number of hydrogen-bond acceptors (Lipinski definition) is 2. The molecule has 18 heavy (non-hydrogen) atoms. The SMILES string of the molecule is Cn1cc2cc(N)c(-c3cccc(F)c3)cc2n1. The molecule has 0 saturated carbocycles. The zero-order valence-electron chi connectivity index (χ0n) is 9.89. The molecule has 3 nitrogen and oxygen atoms in total. The van der Waals surface area contributed by atoms with E-state index in [0.717, 1.165) is 22.0 Å². The maximum atomic E-state index is 13.2. The Kier molecular flexibility index (Phi) is 2.30. The van der Waals surface area contributed by atoms with Gasteiger partial charge < -0.3 is 5.73 Å². The molecule has 3 rings (SSSR count). The summed E-state index contributed by atoms with van der Waals surface area (Å²) in [5.74, 6) is -0.270. The fraction of sp³-hybridized carbons (Fsp3) is 0.0714. The van der Waals surface area contributed by atoms with E-state index in [2.05, 4.69) is 5.10 Å². The maximum Gasteiger partial charge on any atom is 0.123 e. The summed E-state index contributed by atoms with van der Waals surface area (Å²) in [7, 11) is 1.86. The summed E-state index contributed by atoms with van der Waals surface area (Å²) in [6, 6.07) is 10.2. The van der Waals surface area contributed by atoms with Gasteiger partial charge in [0, 0.05) is 29.9 Å². The third-order valence-electron chi connectivity index (χ3n) is 2.93. The van der Waals surface area contributed by atoms with Crippen LogP contribution in [-0.2, 0) is 7.05 Å². The standard InChI is InChI=1S/C14H12FN3/c1-18-8-10-6-13(16)12(7-14(10)17-18)9-3-2-4-11(15)5-9/h2-8H,16H2,1H3. The molecular formula is C14H12FN3. The Labute approximate surface area is 104 Å². The monoisotopic (exact) mass is 241 g/mol. The van der Waals surface area contributed by atoms with E-state index in [4.69, 9.17) is 5.73 Å². The van der Waals surface area contributed by atoms with Crippen LogP contribution in [0, 0.1) is 5.82 Å². The fourth-order valence-electron chi connectivity index (χ4n) is 2.12. The minimum atomic E-state index is -0.270. The van der Waals surface area contributed by atoms with Gasteiger partial charge in [0.1, 0.15) is 5.82 Å². The van der Waals surface area contributed by atoms with E-state index in [1.165, 1.54) is 12.1 Å². The van der Waals surface area contributed by atoms with Crippen molar-refractivity contribution in [2.45, 2.75) is 0 Å². The van der Waals surface area contributed by atoms with Crippen molar-refractivity contribution < 1.29 is 4.39 Å². The molecule has 0 bridgehead atoms. The number of anilines is 1. The van der Waals surface area contributed by atoms with Crippen molar-refractivity contribution >= 4 is 16.6 Å². The van der Waals surface area contributed by atoms with E-state index in [0.29, 0.717) is 5.69 Å². The van der Waals surface area contributed by atoms with Crippen LogP contribution < -0.4 is 5.73 Å². The summed E-state index contributed by atoms with van der Waals surface area (Å²) in [5, 5.41) is 5.31. The van der Waals surface area contributed by atoms with Crippen molar-refractivity contribution in [2.75, 3.05) is 5.73 Å².